The summed E-state index contributed by atoms with van der Waals surface area (Å²) >= 11 is 6.85. The number of amides is 1. The molecule has 0 spiro atoms. The molecule has 3 aromatic rings. The lowest BCUT2D eigenvalue weighted by Gasteiger charge is -2.15. The molecular weight excluding hydrogens is 328 g/mol. The normalized spacial score (nSPS) is 12.1. The highest BCUT2D eigenvalue weighted by Crippen LogP contribution is 2.26. The topological polar surface area (TPSA) is 62.7 Å². The SMILES string of the molecule is Cc1ccc(NC(=O)C(C)n2c(-c3cccs3)n[nH]c2=S)cc1. The molecule has 1 amide bonds. The van der Waals surface area contributed by atoms with Crippen LogP contribution in [0.5, 0.6) is 0 Å². The summed E-state index contributed by atoms with van der Waals surface area (Å²) in [6.07, 6.45) is 0. The van der Waals surface area contributed by atoms with Crippen molar-refractivity contribution < 1.29 is 4.79 Å². The molecule has 0 aliphatic rings. The molecule has 3 rings (SSSR count). The van der Waals surface area contributed by atoms with Gasteiger partial charge in [-0.3, -0.25) is 14.5 Å². The van der Waals surface area contributed by atoms with Crippen molar-refractivity contribution in [1.82, 2.24) is 14.8 Å². The smallest absolute Gasteiger partial charge is 0.247 e. The van der Waals surface area contributed by atoms with Crippen LogP contribution >= 0.6 is 23.6 Å². The molecule has 0 saturated carbocycles. The Labute approximate surface area is 143 Å². The highest BCUT2D eigenvalue weighted by molar-refractivity contribution is 7.71. The second-order valence-corrected chi connectivity index (χ2v) is 6.57. The first kappa shape index (κ1) is 15.6. The first-order valence-electron chi connectivity index (χ1n) is 7.14. The third kappa shape index (κ3) is 3.25. The number of H-pyrrole nitrogens is 1. The van der Waals surface area contributed by atoms with E-state index in [4.69, 9.17) is 12.2 Å². The van der Waals surface area contributed by atoms with Crippen molar-refractivity contribution in [3.8, 4) is 10.7 Å². The van der Waals surface area contributed by atoms with Gasteiger partial charge in [0, 0.05) is 5.69 Å². The minimum atomic E-state index is -0.473. The van der Waals surface area contributed by atoms with E-state index in [0.29, 0.717) is 10.6 Å². The van der Waals surface area contributed by atoms with Crippen LogP contribution in [0.15, 0.2) is 41.8 Å². The monoisotopic (exact) mass is 344 g/mol. The van der Waals surface area contributed by atoms with Gasteiger partial charge in [0.2, 0.25) is 5.91 Å². The van der Waals surface area contributed by atoms with E-state index >= 15 is 0 Å². The Morgan fingerprint density at radius 1 is 1.35 bits per heavy atom. The average Bonchev–Trinajstić information content (AvgIpc) is 3.18. The number of hydrogen-bond donors (Lipinski definition) is 2. The van der Waals surface area contributed by atoms with Crippen LogP contribution in [0.2, 0.25) is 0 Å². The molecule has 2 heterocycles. The van der Waals surface area contributed by atoms with Gasteiger partial charge in [0.1, 0.15) is 6.04 Å². The van der Waals surface area contributed by atoms with Crippen molar-refractivity contribution >= 4 is 35.1 Å². The summed E-state index contributed by atoms with van der Waals surface area (Å²) < 4.78 is 2.17. The number of thiophene rings is 1. The summed E-state index contributed by atoms with van der Waals surface area (Å²) in [5, 5.41) is 11.9. The van der Waals surface area contributed by atoms with E-state index in [9.17, 15) is 4.79 Å². The van der Waals surface area contributed by atoms with Gasteiger partial charge in [0.05, 0.1) is 4.88 Å². The Hall–Kier alpha value is -2.25. The fourth-order valence-corrected chi connectivity index (χ4v) is 3.24. The molecule has 2 N–H and O–H groups in total. The molecule has 0 aliphatic heterocycles. The van der Waals surface area contributed by atoms with Gasteiger partial charge in [0.25, 0.3) is 0 Å². The predicted octanol–water partition coefficient (Wildman–Crippen LogP) is 4.18. The second kappa shape index (κ2) is 6.47. The first-order valence-corrected chi connectivity index (χ1v) is 8.43. The molecule has 118 valence electrons. The van der Waals surface area contributed by atoms with Gasteiger partial charge in [-0.25, -0.2) is 0 Å². The van der Waals surface area contributed by atoms with Crippen molar-refractivity contribution in [2.45, 2.75) is 19.9 Å². The van der Waals surface area contributed by atoms with Gasteiger partial charge in [-0.2, -0.15) is 5.10 Å². The number of nitrogens with zero attached hydrogens (tertiary/aromatic N) is 2. The average molecular weight is 344 g/mol. The van der Waals surface area contributed by atoms with Gasteiger partial charge in [-0.1, -0.05) is 23.8 Å². The second-order valence-electron chi connectivity index (χ2n) is 5.23. The van der Waals surface area contributed by atoms with Crippen molar-refractivity contribution in [3.63, 3.8) is 0 Å². The molecule has 0 bridgehead atoms. The van der Waals surface area contributed by atoms with Gasteiger partial charge < -0.3 is 5.32 Å². The van der Waals surface area contributed by atoms with Gasteiger partial charge in [0.15, 0.2) is 10.6 Å². The maximum atomic E-state index is 12.6. The number of anilines is 1. The Morgan fingerprint density at radius 2 is 2.09 bits per heavy atom. The van der Waals surface area contributed by atoms with Gasteiger partial charge in [-0.15, -0.1) is 11.3 Å². The van der Waals surface area contributed by atoms with Crippen molar-refractivity contribution in [2.24, 2.45) is 0 Å². The summed E-state index contributed by atoms with van der Waals surface area (Å²) in [7, 11) is 0. The van der Waals surface area contributed by atoms with Crippen LogP contribution in [0.1, 0.15) is 18.5 Å². The molecule has 5 nitrogen and oxygen atoms in total. The van der Waals surface area contributed by atoms with Crippen molar-refractivity contribution in [3.05, 3.63) is 52.1 Å². The summed E-state index contributed by atoms with van der Waals surface area (Å²) in [4.78, 5) is 13.5. The van der Waals surface area contributed by atoms with E-state index in [2.05, 4.69) is 15.5 Å². The van der Waals surface area contributed by atoms with Crippen LogP contribution in [0.4, 0.5) is 5.69 Å². The molecule has 1 unspecified atom stereocenters. The van der Waals surface area contributed by atoms with Crippen LogP contribution < -0.4 is 5.32 Å². The Kier molecular flexibility index (Phi) is 4.40. The van der Waals surface area contributed by atoms with Crippen molar-refractivity contribution in [2.75, 3.05) is 5.32 Å². The molecule has 23 heavy (non-hydrogen) atoms. The number of benzene rings is 1. The molecule has 7 heteroatoms. The lowest BCUT2D eigenvalue weighted by Crippen LogP contribution is -2.24. The highest BCUT2D eigenvalue weighted by Gasteiger charge is 2.21. The molecule has 0 fully saturated rings. The van der Waals surface area contributed by atoms with Crippen LogP contribution in [0, 0.1) is 11.7 Å². The molecule has 0 radical (unpaired) electrons. The molecule has 1 atom stereocenters. The third-order valence-corrected chi connectivity index (χ3v) is 4.69. The Morgan fingerprint density at radius 3 is 2.74 bits per heavy atom. The van der Waals surface area contributed by atoms with Crippen molar-refractivity contribution in [1.29, 1.82) is 0 Å². The van der Waals surface area contributed by atoms with E-state index in [1.54, 1.807) is 15.9 Å². The predicted molar refractivity (Wildman–Crippen MR) is 95.2 cm³/mol. The number of aromatic nitrogens is 3. The summed E-state index contributed by atoms with van der Waals surface area (Å²) in [5.74, 6) is 0.542. The number of hydrogen-bond acceptors (Lipinski definition) is 4. The first-order chi connectivity index (χ1) is 11.1. The maximum absolute atomic E-state index is 12.6. The van der Waals surface area contributed by atoms with E-state index < -0.39 is 6.04 Å². The number of aromatic amines is 1. The molecule has 2 aromatic heterocycles. The molecular formula is C16H16N4OS2. The number of carbonyl (C=O) groups is 1. The van der Waals surface area contributed by atoms with Crippen LogP contribution in [-0.4, -0.2) is 20.7 Å². The van der Waals surface area contributed by atoms with Crippen LogP contribution in [-0.2, 0) is 4.79 Å². The zero-order valence-electron chi connectivity index (χ0n) is 12.7. The van der Waals surface area contributed by atoms with E-state index in [0.717, 1.165) is 16.1 Å². The third-order valence-electron chi connectivity index (χ3n) is 3.53. The quantitative estimate of drug-likeness (QED) is 0.698. The number of nitrogens with one attached hydrogen (secondary N) is 2. The highest BCUT2D eigenvalue weighted by atomic mass is 32.1. The fourth-order valence-electron chi connectivity index (χ4n) is 2.24. The van der Waals surface area contributed by atoms with Gasteiger partial charge >= 0.3 is 0 Å². The minimum Gasteiger partial charge on any atom is -0.324 e. The zero-order chi connectivity index (χ0) is 16.4. The largest absolute Gasteiger partial charge is 0.324 e. The number of rotatable bonds is 4. The molecule has 0 saturated heterocycles. The fraction of sp³-hybridized carbons (Fsp3) is 0.188. The molecule has 0 aliphatic carbocycles. The van der Waals surface area contributed by atoms with Crippen LogP contribution in [0.25, 0.3) is 10.7 Å². The Bertz CT molecular complexity index is 862. The standard InChI is InChI=1S/C16H16N4OS2/c1-10-5-7-12(8-6-10)17-15(21)11(2)20-14(18-19-16(20)22)13-4-3-9-23-13/h3-9,11H,1-2H3,(H,17,21)(H,19,22). The lowest BCUT2D eigenvalue weighted by molar-refractivity contribution is -0.118. The van der Waals surface area contributed by atoms with E-state index in [1.807, 2.05) is 55.6 Å². The minimum absolute atomic E-state index is 0.135. The summed E-state index contributed by atoms with van der Waals surface area (Å²) in [6, 6.07) is 11.1. The summed E-state index contributed by atoms with van der Waals surface area (Å²) in [5.41, 5.74) is 1.91. The summed E-state index contributed by atoms with van der Waals surface area (Å²) in [6.45, 7) is 3.82. The maximum Gasteiger partial charge on any atom is 0.247 e. The number of aryl methyl sites for hydroxylation is 1. The number of carbonyl (C=O) groups excluding carboxylic acids is 1. The van der Waals surface area contributed by atoms with Gasteiger partial charge in [-0.05, 0) is 49.6 Å². The van der Waals surface area contributed by atoms with E-state index in [-0.39, 0.29) is 5.91 Å². The van der Waals surface area contributed by atoms with Crippen LogP contribution in [0.3, 0.4) is 0 Å². The Balaban J connectivity index is 1.87. The zero-order valence-corrected chi connectivity index (χ0v) is 14.4. The molecule has 1 aromatic carbocycles. The van der Waals surface area contributed by atoms with E-state index in [1.165, 1.54) is 0 Å². The lowest BCUT2D eigenvalue weighted by atomic mass is 10.2.